The summed E-state index contributed by atoms with van der Waals surface area (Å²) in [5.74, 6) is 0. The zero-order chi connectivity index (χ0) is 10.8. The number of hydrogen-bond acceptors (Lipinski definition) is 4. The molecule has 0 radical (unpaired) electrons. The summed E-state index contributed by atoms with van der Waals surface area (Å²) >= 11 is 1.24. The van der Waals surface area contributed by atoms with Crippen molar-refractivity contribution in [2.24, 2.45) is 4.40 Å². The first-order chi connectivity index (χ1) is 6.46. The lowest BCUT2D eigenvalue weighted by Gasteiger charge is -2.10. The van der Waals surface area contributed by atoms with Gasteiger partial charge in [-0.1, -0.05) is 12.7 Å². The van der Waals surface area contributed by atoms with Crippen molar-refractivity contribution in [1.29, 1.82) is 0 Å². The lowest BCUT2D eigenvalue weighted by atomic mass is 10.1. The van der Waals surface area contributed by atoms with Gasteiger partial charge in [-0.05, 0) is 24.1 Å². The molecule has 0 aromatic carbocycles. The van der Waals surface area contributed by atoms with Gasteiger partial charge in [-0.15, -0.1) is 0 Å². The molecule has 0 unspecified atom stereocenters. The lowest BCUT2D eigenvalue weighted by Crippen LogP contribution is -2.08. The minimum absolute atomic E-state index is 0.00877. The summed E-state index contributed by atoms with van der Waals surface area (Å²) in [6.07, 6.45) is 6.45. The Hall–Kier alpha value is -0.520. The van der Waals surface area contributed by atoms with Crippen LogP contribution in [-0.2, 0) is 9.05 Å². The van der Waals surface area contributed by atoms with Gasteiger partial charge < -0.3 is 0 Å². The van der Waals surface area contributed by atoms with Crippen molar-refractivity contribution in [3.8, 4) is 0 Å². The van der Waals surface area contributed by atoms with E-state index in [9.17, 15) is 8.42 Å². The van der Waals surface area contributed by atoms with Gasteiger partial charge in [0.15, 0.2) is 0 Å². The van der Waals surface area contributed by atoms with Crippen LogP contribution in [-0.4, -0.2) is 20.4 Å². The van der Waals surface area contributed by atoms with Gasteiger partial charge in [0.1, 0.15) is 0 Å². The van der Waals surface area contributed by atoms with Crippen LogP contribution in [0, 0.1) is 0 Å². The maximum atomic E-state index is 11.1. The molecule has 0 aliphatic heterocycles. The van der Waals surface area contributed by atoms with Crippen molar-refractivity contribution in [2.75, 3.05) is 6.26 Å². The number of rotatable bonds is 2. The third-order valence-electron chi connectivity index (χ3n) is 1.56. The van der Waals surface area contributed by atoms with E-state index in [0.717, 1.165) is 0 Å². The third-order valence-corrected chi connectivity index (χ3v) is 3.35. The highest BCUT2D eigenvalue weighted by molar-refractivity contribution is 8.17. The molecule has 0 heterocycles. The van der Waals surface area contributed by atoms with Crippen molar-refractivity contribution in [3.63, 3.8) is 0 Å². The average molecular weight is 250 g/mol. The van der Waals surface area contributed by atoms with E-state index in [0.29, 0.717) is 11.3 Å². The zero-order valence-corrected chi connectivity index (χ0v) is 9.79. The standard InChI is InChI=1S/C8H8ClNO2S2/c1-6-7(10-13-2)4-3-5-8(6)14(9,11)12/h3-5H,1H2,2H3. The second kappa shape index (κ2) is 4.33. The van der Waals surface area contributed by atoms with Crippen molar-refractivity contribution in [1.82, 2.24) is 0 Å². The van der Waals surface area contributed by atoms with Gasteiger partial charge >= 0.3 is 0 Å². The predicted molar refractivity (Wildman–Crippen MR) is 62.1 cm³/mol. The van der Waals surface area contributed by atoms with Gasteiger partial charge in [0.25, 0.3) is 9.05 Å². The van der Waals surface area contributed by atoms with E-state index in [1.54, 1.807) is 18.4 Å². The second-order valence-electron chi connectivity index (χ2n) is 2.47. The van der Waals surface area contributed by atoms with Crippen LogP contribution >= 0.6 is 22.6 Å². The van der Waals surface area contributed by atoms with E-state index >= 15 is 0 Å². The highest BCUT2D eigenvalue weighted by atomic mass is 35.7. The van der Waals surface area contributed by atoms with E-state index < -0.39 is 9.05 Å². The lowest BCUT2D eigenvalue weighted by molar-refractivity contribution is 0.615. The molecule has 1 aliphatic carbocycles. The maximum absolute atomic E-state index is 11.1. The first kappa shape index (κ1) is 11.6. The molecule has 0 N–H and O–H groups in total. The SMILES string of the molecule is C=C1C(S(=O)(=O)Cl)=CC=CC1=NSC. The first-order valence-electron chi connectivity index (χ1n) is 3.60. The number of allylic oxidation sites excluding steroid dienone is 4. The Kier molecular flexibility index (Phi) is 3.58. The van der Waals surface area contributed by atoms with Gasteiger partial charge in [-0.3, -0.25) is 0 Å². The summed E-state index contributed by atoms with van der Waals surface area (Å²) in [6.45, 7) is 3.63. The smallest absolute Gasteiger partial charge is 0.216 e. The normalized spacial score (nSPS) is 20.0. The molecule has 0 saturated carbocycles. The van der Waals surface area contributed by atoms with E-state index in [1.165, 1.54) is 18.0 Å². The van der Waals surface area contributed by atoms with Crippen LogP contribution in [0.1, 0.15) is 0 Å². The summed E-state index contributed by atoms with van der Waals surface area (Å²) in [7, 11) is 1.49. The van der Waals surface area contributed by atoms with E-state index in [2.05, 4.69) is 11.0 Å². The quantitative estimate of drug-likeness (QED) is 0.557. The Labute approximate surface area is 91.8 Å². The number of halogens is 1. The average Bonchev–Trinajstić information content (AvgIpc) is 2.07. The first-order valence-corrected chi connectivity index (χ1v) is 7.09. The highest BCUT2D eigenvalue weighted by Gasteiger charge is 2.21. The molecule has 0 saturated heterocycles. The van der Waals surface area contributed by atoms with Crippen molar-refractivity contribution >= 4 is 37.4 Å². The van der Waals surface area contributed by atoms with Crippen LogP contribution in [0.15, 0.2) is 39.7 Å². The van der Waals surface area contributed by atoms with Gasteiger partial charge in [0.05, 0.1) is 10.6 Å². The highest BCUT2D eigenvalue weighted by Crippen LogP contribution is 2.25. The van der Waals surface area contributed by atoms with E-state index in [4.69, 9.17) is 10.7 Å². The van der Waals surface area contributed by atoms with Gasteiger partial charge in [-0.2, -0.15) is 0 Å². The third kappa shape index (κ3) is 2.50. The molecule has 1 aliphatic rings. The van der Waals surface area contributed by atoms with Gasteiger partial charge in [0, 0.05) is 22.5 Å². The molecule has 14 heavy (non-hydrogen) atoms. The van der Waals surface area contributed by atoms with E-state index in [1.807, 2.05) is 0 Å². The molecular formula is C8H8ClNO2S2. The Morgan fingerprint density at radius 3 is 2.71 bits per heavy atom. The molecule has 3 nitrogen and oxygen atoms in total. The van der Waals surface area contributed by atoms with Crippen LogP contribution in [0.25, 0.3) is 0 Å². The molecule has 0 amide bonds. The Morgan fingerprint density at radius 1 is 1.57 bits per heavy atom. The number of nitrogens with zero attached hydrogens (tertiary/aromatic N) is 1. The fraction of sp³-hybridized carbons (Fsp3) is 0.125. The van der Waals surface area contributed by atoms with Crippen LogP contribution in [0.4, 0.5) is 0 Å². The van der Waals surface area contributed by atoms with Crippen LogP contribution in [0.5, 0.6) is 0 Å². The molecule has 1 rings (SSSR count). The maximum Gasteiger partial charge on any atom is 0.261 e. The topological polar surface area (TPSA) is 46.5 Å². The van der Waals surface area contributed by atoms with E-state index in [-0.39, 0.29) is 4.91 Å². The van der Waals surface area contributed by atoms with Crippen LogP contribution < -0.4 is 0 Å². The molecular weight excluding hydrogens is 242 g/mol. The monoisotopic (exact) mass is 249 g/mol. The molecule has 0 aromatic rings. The van der Waals surface area contributed by atoms with Crippen molar-refractivity contribution in [2.45, 2.75) is 0 Å². The predicted octanol–water partition coefficient (Wildman–Crippen LogP) is 2.28. The molecule has 0 spiro atoms. The zero-order valence-electron chi connectivity index (χ0n) is 7.40. The molecule has 6 heteroatoms. The van der Waals surface area contributed by atoms with Crippen molar-refractivity contribution < 1.29 is 8.42 Å². The molecule has 0 aromatic heterocycles. The molecule has 0 bridgehead atoms. The Balaban J connectivity index is 3.16. The summed E-state index contributed by atoms with van der Waals surface area (Å²) in [5, 5.41) is 0. The number of hydrogen-bond donors (Lipinski definition) is 0. The molecule has 0 fully saturated rings. The molecule has 76 valence electrons. The fourth-order valence-electron chi connectivity index (χ4n) is 0.966. The largest absolute Gasteiger partial charge is 0.261 e. The summed E-state index contributed by atoms with van der Waals surface area (Å²) in [6, 6.07) is 0. The van der Waals surface area contributed by atoms with Gasteiger partial charge in [0.2, 0.25) is 0 Å². The Morgan fingerprint density at radius 2 is 2.21 bits per heavy atom. The van der Waals surface area contributed by atoms with Crippen LogP contribution in [0.2, 0.25) is 0 Å². The minimum atomic E-state index is -3.73. The van der Waals surface area contributed by atoms with Crippen LogP contribution in [0.3, 0.4) is 0 Å². The summed E-state index contributed by atoms with van der Waals surface area (Å²) in [5.41, 5.74) is 0.857. The Bertz CT molecular complexity index is 446. The second-order valence-corrected chi connectivity index (χ2v) is 5.55. The summed E-state index contributed by atoms with van der Waals surface area (Å²) in [4.78, 5) is 0.00877. The van der Waals surface area contributed by atoms with Gasteiger partial charge in [-0.25, -0.2) is 12.8 Å². The molecule has 0 atom stereocenters. The fourth-order valence-corrected chi connectivity index (χ4v) is 2.41. The minimum Gasteiger partial charge on any atom is -0.216 e. The van der Waals surface area contributed by atoms with Crippen molar-refractivity contribution in [3.05, 3.63) is 35.3 Å². The summed E-state index contributed by atoms with van der Waals surface area (Å²) < 4.78 is 26.2.